The average molecular weight is 497 g/mol. The van der Waals surface area contributed by atoms with E-state index >= 15 is 0 Å². The lowest BCUT2D eigenvalue weighted by atomic mass is 10.1. The molecule has 0 amide bonds. The van der Waals surface area contributed by atoms with Crippen molar-refractivity contribution in [2.24, 2.45) is 0 Å². The number of hydrogen-bond donors (Lipinski definition) is 0. The molecule has 1 heterocycles. The summed E-state index contributed by atoms with van der Waals surface area (Å²) in [6.45, 7) is 0. The normalized spacial score (nSPS) is 10.7. The van der Waals surface area contributed by atoms with E-state index in [1.54, 1.807) is 36.4 Å². The Morgan fingerprint density at radius 3 is 2.11 bits per heavy atom. The maximum Gasteiger partial charge on any atom is 0.344 e. The molecule has 0 atom stereocenters. The number of ether oxygens (including phenoxy) is 5. The predicted octanol–water partition coefficient (Wildman–Crippen LogP) is 5.37. The summed E-state index contributed by atoms with van der Waals surface area (Å²) in [5, 5.41) is 0.492. The van der Waals surface area contributed by atoms with E-state index in [-0.39, 0.29) is 28.0 Å². The van der Waals surface area contributed by atoms with Gasteiger partial charge in [0.05, 0.1) is 39.4 Å². The SMILES string of the molecule is COc1cc(OC)cc(C(=O)Oc2c(-c3ccc(OC)c(OC)c3)oc3ccc(Cl)cc3c2=O)c1. The van der Waals surface area contributed by atoms with Crippen LogP contribution >= 0.6 is 11.6 Å². The van der Waals surface area contributed by atoms with Crippen LogP contribution in [0.25, 0.3) is 22.3 Å². The Morgan fingerprint density at radius 2 is 1.49 bits per heavy atom. The van der Waals surface area contributed by atoms with Gasteiger partial charge in [0.1, 0.15) is 17.1 Å². The van der Waals surface area contributed by atoms with Crippen molar-refractivity contribution >= 4 is 28.5 Å². The van der Waals surface area contributed by atoms with E-state index in [4.69, 9.17) is 39.7 Å². The number of halogens is 1. The van der Waals surface area contributed by atoms with Crippen LogP contribution in [0, 0.1) is 0 Å². The summed E-state index contributed by atoms with van der Waals surface area (Å²) in [5.74, 6) is 0.569. The maximum atomic E-state index is 13.5. The molecule has 0 aliphatic heterocycles. The van der Waals surface area contributed by atoms with Crippen LogP contribution in [0.4, 0.5) is 0 Å². The van der Waals surface area contributed by atoms with E-state index in [9.17, 15) is 9.59 Å². The van der Waals surface area contributed by atoms with E-state index in [1.807, 2.05) is 0 Å². The molecule has 35 heavy (non-hydrogen) atoms. The minimum atomic E-state index is -0.808. The van der Waals surface area contributed by atoms with Crippen LogP contribution in [0.5, 0.6) is 28.7 Å². The highest BCUT2D eigenvalue weighted by Crippen LogP contribution is 2.37. The van der Waals surface area contributed by atoms with Crippen LogP contribution < -0.4 is 29.1 Å². The summed E-state index contributed by atoms with van der Waals surface area (Å²) in [6.07, 6.45) is 0. The van der Waals surface area contributed by atoms with Crippen molar-refractivity contribution in [2.75, 3.05) is 28.4 Å². The summed E-state index contributed by atoms with van der Waals surface area (Å²) in [4.78, 5) is 26.6. The van der Waals surface area contributed by atoms with Crippen LogP contribution in [-0.4, -0.2) is 34.4 Å². The highest BCUT2D eigenvalue weighted by atomic mass is 35.5. The zero-order chi connectivity index (χ0) is 25.1. The summed E-state index contributed by atoms with van der Waals surface area (Å²) < 4.78 is 32.8. The number of esters is 1. The summed E-state index contributed by atoms with van der Waals surface area (Å²) in [5.41, 5.74) is 0.251. The summed E-state index contributed by atoms with van der Waals surface area (Å²) in [6, 6.07) is 14.1. The first-order valence-corrected chi connectivity index (χ1v) is 10.7. The second-order valence-electron chi connectivity index (χ2n) is 7.29. The molecule has 4 rings (SSSR count). The van der Waals surface area contributed by atoms with Crippen molar-refractivity contribution in [2.45, 2.75) is 0 Å². The lowest BCUT2D eigenvalue weighted by molar-refractivity contribution is 0.0730. The predicted molar refractivity (Wildman–Crippen MR) is 131 cm³/mol. The number of fused-ring (bicyclic) bond motifs is 1. The van der Waals surface area contributed by atoms with E-state index in [0.717, 1.165) is 0 Å². The third-order valence-electron chi connectivity index (χ3n) is 5.24. The molecule has 4 aromatic rings. The Kier molecular flexibility index (Phi) is 6.84. The molecular weight excluding hydrogens is 476 g/mol. The number of benzene rings is 3. The molecule has 0 radical (unpaired) electrons. The number of carbonyl (C=O) groups is 1. The van der Waals surface area contributed by atoms with Gasteiger partial charge in [-0.2, -0.15) is 0 Å². The lowest BCUT2D eigenvalue weighted by Crippen LogP contribution is -2.16. The first-order valence-electron chi connectivity index (χ1n) is 10.3. The van der Waals surface area contributed by atoms with Crippen LogP contribution in [0.15, 0.2) is 63.8 Å². The van der Waals surface area contributed by atoms with Gasteiger partial charge in [0.15, 0.2) is 17.3 Å². The number of methoxy groups -OCH3 is 4. The molecule has 0 saturated carbocycles. The Morgan fingerprint density at radius 1 is 0.800 bits per heavy atom. The number of carbonyl (C=O) groups excluding carboxylic acids is 1. The van der Waals surface area contributed by atoms with Gasteiger partial charge in [-0.05, 0) is 48.5 Å². The third kappa shape index (κ3) is 4.74. The van der Waals surface area contributed by atoms with Crippen molar-refractivity contribution < 1.29 is 32.9 Å². The molecule has 0 aliphatic carbocycles. The molecule has 0 aliphatic rings. The van der Waals surface area contributed by atoms with Gasteiger partial charge in [0.2, 0.25) is 11.2 Å². The van der Waals surface area contributed by atoms with Gasteiger partial charge in [-0.15, -0.1) is 0 Å². The standard InChI is InChI=1S/C26H21ClO8/c1-30-17-9-15(10-18(13-17)31-2)26(29)35-25-23(28)19-12-16(27)6-8-20(19)34-24(25)14-5-7-21(32-3)22(11-14)33-4/h5-13H,1-4H3. The van der Waals surface area contributed by atoms with E-state index in [1.165, 1.54) is 46.6 Å². The zero-order valence-electron chi connectivity index (χ0n) is 19.3. The Balaban J connectivity index is 1.90. The third-order valence-corrected chi connectivity index (χ3v) is 5.47. The molecule has 0 unspecified atom stereocenters. The number of hydrogen-bond acceptors (Lipinski definition) is 8. The minimum absolute atomic E-state index is 0.0361. The van der Waals surface area contributed by atoms with Crippen molar-refractivity contribution in [3.8, 4) is 40.1 Å². The van der Waals surface area contributed by atoms with Gasteiger partial charge in [-0.1, -0.05) is 11.6 Å². The molecule has 8 nitrogen and oxygen atoms in total. The van der Waals surface area contributed by atoms with E-state index < -0.39 is 11.4 Å². The second kappa shape index (κ2) is 9.99. The Bertz CT molecular complexity index is 1450. The Labute approximate surface area is 205 Å². The monoisotopic (exact) mass is 496 g/mol. The van der Waals surface area contributed by atoms with Crippen LogP contribution in [0.1, 0.15) is 10.4 Å². The second-order valence-corrected chi connectivity index (χ2v) is 7.73. The van der Waals surface area contributed by atoms with Crippen LogP contribution in [0.2, 0.25) is 5.02 Å². The summed E-state index contributed by atoms with van der Waals surface area (Å²) in [7, 11) is 5.91. The molecule has 3 aromatic carbocycles. The Hall–Kier alpha value is -4.17. The minimum Gasteiger partial charge on any atom is -0.497 e. The summed E-state index contributed by atoms with van der Waals surface area (Å²) >= 11 is 6.09. The van der Waals surface area contributed by atoms with Crippen molar-refractivity contribution in [3.63, 3.8) is 0 Å². The fraction of sp³-hybridized carbons (Fsp3) is 0.154. The van der Waals surface area contributed by atoms with Crippen LogP contribution in [-0.2, 0) is 0 Å². The first kappa shape index (κ1) is 24.0. The fourth-order valence-corrected chi connectivity index (χ4v) is 3.66. The average Bonchev–Trinajstić information content (AvgIpc) is 2.89. The van der Waals surface area contributed by atoms with Crippen molar-refractivity contribution in [1.29, 1.82) is 0 Å². The van der Waals surface area contributed by atoms with E-state index in [0.29, 0.717) is 33.6 Å². The largest absolute Gasteiger partial charge is 0.497 e. The van der Waals surface area contributed by atoms with Gasteiger partial charge < -0.3 is 28.1 Å². The molecule has 0 bridgehead atoms. The highest BCUT2D eigenvalue weighted by molar-refractivity contribution is 6.31. The first-order chi connectivity index (χ1) is 16.9. The lowest BCUT2D eigenvalue weighted by Gasteiger charge is -2.13. The quantitative estimate of drug-likeness (QED) is 0.315. The molecular formula is C26H21ClO8. The van der Waals surface area contributed by atoms with Crippen molar-refractivity contribution in [3.05, 3.63) is 75.4 Å². The smallest absolute Gasteiger partial charge is 0.344 e. The van der Waals surface area contributed by atoms with Gasteiger partial charge in [-0.25, -0.2) is 4.79 Å². The molecule has 0 saturated heterocycles. The maximum absolute atomic E-state index is 13.5. The van der Waals surface area contributed by atoms with Gasteiger partial charge in [-0.3, -0.25) is 4.79 Å². The van der Waals surface area contributed by atoms with Gasteiger partial charge in [0.25, 0.3) is 0 Å². The molecule has 9 heteroatoms. The molecule has 0 N–H and O–H groups in total. The fourth-order valence-electron chi connectivity index (χ4n) is 3.49. The van der Waals surface area contributed by atoms with Gasteiger partial charge in [0, 0.05) is 16.7 Å². The number of rotatable bonds is 7. The molecule has 0 fully saturated rings. The highest BCUT2D eigenvalue weighted by Gasteiger charge is 2.23. The molecule has 180 valence electrons. The topological polar surface area (TPSA) is 93.4 Å². The zero-order valence-corrected chi connectivity index (χ0v) is 20.1. The van der Waals surface area contributed by atoms with E-state index in [2.05, 4.69) is 0 Å². The molecule has 0 spiro atoms. The van der Waals surface area contributed by atoms with Gasteiger partial charge >= 0.3 is 5.97 Å². The van der Waals surface area contributed by atoms with Crippen molar-refractivity contribution in [1.82, 2.24) is 0 Å². The van der Waals surface area contributed by atoms with Crippen LogP contribution in [0.3, 0.4) is 0 Å². The molecule has 1 aromatic heterocycles.